The van der Waals surface area contributed by atoms with E-state index >= 15 is 0 Å². The van der Waals surface area contributed by atoms with Crippen LogP contribution in [-0.2, 0) is 18.4 Å². The van der Waals surface area contributed by atoms with Crippen molar-refractivity contribution in [2.24, 2.45) is 13.0 Å². The van der Waals surface area contributed by atoms with E-state index < -0.39 is 0 Å². The van der Waals surface area contributed by atoms with Gasteiger partial charge in [-0.25, -0.2) is 0 Å². The van der Waals surface area contributed by atoms with Crippen molar-refractivity contribution >= 4 is 11.7 Å². The van der Waals surface area contributed by atoms with E-state index in [1.807, 2.05) is 18.8 Å². The van der Waals surface area contributed by atoms with Gasteiger partial charge in [-0.2, -0.15) is 5.10 Å². The average molecular weight is 291 g/mol. The Morgan fingerprint density at radius 3 is 3.00 bits per heavy atom. The highest BCUT2D eigenvalue weighted by atomic mass is 16.1. The third-order valence-corrected chi connectivity index (χ3v) is 4.79. The van der Waals surface area contributed by atoms with E-state index in [4.69, 9.17) is 0 Å². The van der Waals surface area contributed by atoms with Crippen LogP contribution in [0.15, 0.2) is 0 Å². The summed E-state index contributed by atoms with van der Waals surface area (Å²) in [4.78, 5) is 14.0. The van der Waals surface area contributed by atoms with Crippen molar-refractivity contribution in [1.82, 2.24) is 20.4 Å². The minimum absolute atomic E-state index is 0.219. The SMILES string of the molecule is CNCc1c(C)nn(C)c1N1CCC2NC(=O)CCC2C1. The molecule has 2 saturated heterocycles. The van der Waals surface area contributed by atoms with Crippen LogP contribution in [0, 0.1) is 12.8 Å². The second-order valence-electron chi connectivity index (χ2n) is 6.25. The van der Waals surface area contributed by atoms with Crippen LogP contribution >= 0.6 is 0 Å². The smallest absolute Gasteiger partial charge is 0.220 e. The maximum atomic E-state index is 11.5. The summed E-state index contributed by atoms with van der Waals surface area (Å²) < 4.78 is 2.00. The quantitative estimate of drug-likeness (QED) is 0.854. The summed E-state index contributed by atoms with van der Waals surface area (Å²) in [5.41, 5.74) is 2.39. The van der Waals surface area contributed by atoms with Gasteiger partial charge in [-0.1, -0.05) is 0 Å². The molecule has 2 aliphatic rings. The van der Waals surface area contributed by atoms with Crippen LogP contribution in [0.3, 0.4) is 0 Å². The van der Waals surface area contributed by atoms with Gasteiger partial charge in [-0.05, 0) is 32.7 Å². The number of nitrogens with zero attached hydrogens (tertiary/aromatic N) is 3. The molecule has 2 atom stereocenters. The summed E-state index contributed by atoms with van der Waals surface area (Å²) in [5, 5.41) is 11.0. The van der Waals surface area contributed by atoms with Crippen LogP contribution in [0.1, 0.15) is 30.5 Å². The summed E-state index contributed by atoms with van der Waals surface area (Å²) in [6.07, 6.45) is 2.70. The van der Waals surface area contributed by atoms with Gasteiger partial charge in [0.15, 0.2) is 0 Å². The first-order chi connectivity index (χ1) is 10.1. The van der Waals surface area contributed by atoms with Gasteiger partial charge in [-0.3, -0.25) is 9.48 Å². The fourth-order valence-corrected chi connectivity index (χ4v) is 3.77. The first kappa shape index (κ1) is 14.4. The number of piperidine rings is 2. The zero-order valence-electron chi connectivity index (χ0n) is 13.1. The highest BCUT2D eigenvalue weighted by Gasteiger charge is 2.35. The van der Waals surface area contributed by atoms with Gasteiger partial charge >= 0.3 is 0 Å². The number of aromatic nitrogens is 2. The minimum atomic E-state index is 0.219. The Morgan fingerprint density at radius 1 is 1.43 bits per heavy atom. The van der Waals surface area contributed by atoms with Crippen LogP contribution in [0.4, 0.5) is 5.82 Å². The van der Waals surface area contributed by atoms with E-state index in [0.29, 0.717) is 18.4 Å². The number of nitrogens with one attached hydrogen (secondary N) is 2. The molecule has 0 aliphatic carbocycles. The molecule has 0 saturated carbocycles. The normalized spacial score (nSPS) is 25.7. The minimum Gasteiger partial charge on any atom is -0.356 e. The Labute approximate surface area is 125 Å². The number of anilines is 1. The predicted molar refractivity (Wildman–Crippen MR) is 82.2 cm³/mol. The van der Waals surface area contributed by atoms with Crippen molar-refractivity contribution in [2.75, 3.05) is 25.0 Å². The molecule has 1 aromatic heterocycles. The lowest BCUT2D eigenvalue weighted by atomic mass is 9.85. The first-order valence-electron chi connectivity index (χ1n) is 7.81. The Morgan fingerprint density at radius 2 is 2.24 bits per heavy atom. The van der Waals surface area contributed by atoms with Crippen molar-refractivity contribution in [2.45, 2.75) is 38.8 Å². The maximum absolute atomic E-state index is 11.5. The molecule has 3 rings (SSSR count). The second-order valence-corrected chi connectivity index (χ2v) is 6.25. The number of fused-ring (bicyclic) bond motifs is 1. The standard InChI is InChI=1S/C15H25N5O/c1-10-12(8-16-2)15(19(3)18-10)20-7-6-13-11(9-20)4-5-14(21)17-13/h11,13,16H,4-9H2,1-3H3,(H,17,21). The fraction of sp³-hybridized carbons (Fsp3) is 0.733. The third kappa shape index (κ3) is 2.64. The number of carbonyl (C=O) groups is 1. The van der Waals surface area contributed by atoms with E-state index in [2.05, 4.69) is 27.6 Å². The van der Waals surface area contributed by atoms with Crippen molar-refractivity contribution in [1.29, 1.82) is 0 Å². The molecule has 0 radical (unpaired) electrons. The van der Waals surface area contributed by atoms with Gasteiger partial charge in [0.05, 0.1) is 5.69 Å². The van der Waals surface area contributed by atoms with Gasteiger partial charge < -0.3 is 15.5 Å². The molecule has 0 spiro atoms. The summed E-state index contributed by atoms with van der Waals surface area (Å²) in [6, 6.07) is 0.365. The van der Waals surface area contributed by atoms with Crippen molar-refractivity contribution < 1.29 is 4.79 Å². The Kier molecular flexibility index (Phi) is 3.89. The van der Waals surface area contributed by atoms with Gasteiger partial charge in [0, 0.05) is 44.7 Å². The van der Waals surface area contributed by atoms with E-state index in [0.717, 1.165) is 38.2 Å². The van der Waals surface area contributed by atoms with E-state index in [-0.39, 0.29) is 5.91 Å². The largest absolute Gasteiger partial charge is 0.356 e. The lowest BCUT2D eigenvalue weighted by molar-refractivity contribution is -0.124. The second kappa shape index (κ2) is 5.67. The van der Waals surface area contributed by atoms with Gasteiger partial charge in [0.25, 0.3) is 0 Å². The van der Waals surface area contributed by atoms with E-state index in [1.54, 1.807) is 0 Å². The van der Waals surface area contributed by atoms with Crippen molar-refractivity contribution in [3.05, 3.63) is 11.3 Å². The topological polar surface area (TPSA) is 62.2 Å². The molecule has 3 heterocycles. The molecule has 6 heteroatoms. The van der Waals surface area contributed by atoms with Crippen LogP contribution in [0.25, 0.3) is 0 Å². The monoisotopic (exact) mass is 291 g/mol. The lowest BCUT2D eigenvalue weighted by Crippen LogP contribution is -2.54. The molecule has 116 valence electrons. The van der Waals surface area contributed by atoms with Crippen molar-refractivity contribution in [3.63, 3.8) is 0 Å². The molecular weight excluding hydrogens is 266 g/mol. The Hall–Kier alpha value is -1.56. The molecule has 6 nitrogen and oxygen atoms in total. The zero-order valence-corrected chi connectivity index (χ0v) is 13.1. The summed E-state index contributed by atoms with van der Waals surface area (Å²) in [6.45, 7) is 4.91. The lowest BCUT2D eigenvalue weighted by Gasteiger charge is -2.42. The molecular formula is C15H25N5O. The fourth-order valence-electron chi connectivity index (χ4n) is 3.77. The molecule has 1 amide bonds. The number of carbonyl (C=O) groups excluding carboxylic acids is 1. The third-order valence-electron chi connectivity index (χ3n) is 4.79. The zero-order chi connectivity index (χ0) is 15.0. The number of hydrogen-bond acceptors (Lipinski definition) is 4. The number of aryl methyl sites for hydroxylation is 2. The molecule has 2 N–H and O–H groups in total. The average Bonchev–Trinajstić information content (AvgIpc) is 2.73. The number of hydrogen-bond donors (Lipinski definition) is 2. The highest BCUT2D eigenvalue weighted by Crippen LogP contribution is 2.31. The summed E-state index contributed by atoms with van der Waals surface area (Å²) in [5.74, 6) is 2.02. The van der Waals surface area contributed by atoms with Crippen LogP contribution in [0.2, 0.25) is 0 Å². The van der Waals surface area contributed by atoms with Crippen molar-refractivity contribution in [3.8, 4) is 0 Å². The number of amides is 1. The summed E-state index contributed by atoms with van der Waals surface area (Å²) >= 11 is 0. The Bertz CT molecular complexity index is 538. The first-order valence-corrected chi connectivity index (χ1v) is 7.81. The molecule has 0 aromatic carbocycles. The van der Waals surface area contributed by atoms with Crippen LogP contribution in [-0.4, -0.2) is 41.9 Å². The molecule has 21 heavy (non-hydrogen) atoms. The molecule has 0 bridgehead atoms. The molecule has 2 fully saturated rings. The maximum Gasteiger partial charge on any atom is 0.220 e. The van der Waals surface area contributed by atoms with Crippen LogP contribution in [0.5, 0.6) is 0 Å². The van der Waals surface area contributed by atoms with Gasteiger partial charge in [-0.15, -0.1) is 0 Å². The van der Waals surface area contributed by atoms with E-state index in [9.17, 15) is 4.79 Å². The summed E-state index contributed by atoms with van der Waals surface area (Å²) in [7, 11) is 4.00. The van der Waals surface area contributed by atoms with Gasteiger partial charge in [0.1, 0.15) is 5.82 Å². The molecule has 1 aromatic rings. The Balaban J connectivity index is 1.81. The molecule has 2 aliphatic heterocycles. The van der Waals surface area contributed by atoms with Gasteiger partial charge in [0.2, 0.25) is 5.91 Å². The predicted octanol–water partition coefficient (Wildman–Crippen LogP) is 0.553. The number of rotatable bonds is 3. The molecule has 2 unspecified atom stereocenters. The van der Waals surface area contributed by atoms with E-state index in [1.165, 1.54) is 11.4 Å². The van der Waals surface area contributed by atoms with Crippen LogP contribution < -0.4 is 15.5 Å². The highest BCUT2D eigenvalue weighted by molar-refractivity contribution is 5.77.